The fourth-order valence-corrected chi connectivity index (χ4v) is 2.99. The summed E-state index contributed by atoms with van der Waals surface area (Å²) in [5.41, 5.74) is 0.543. The van der Waals surface area contributed by atoms with Gasteiger partial charge >= 0.3 is 0 Å². The maximum absolute atomic E-state index is 13.5. The Bertz CT molecular complexity index is 806. The molecule has 0 aliphatic carbocycles. The van der Waals surface area contributed by atoms with E-state index in [1.165, 1.54) is 24.4 Å². The number of pyridine rings is 1. The Labute approximate surface area is 137 Å². The minimum absolute atomic E-state index is 0.132. The van der Waals surface area contributed by atoms with Gasteiger partial charge in [0.05, 0.1) is 0 Å². The van der Waals surface area contributed by atoms with Gasteiger partial charge in [-0.3, -0.25) is 9.59 Å². The highest BCUT2D eigenvalue weighted by Crippen LogP contribution is 2.27. The van der Waals surface area contributed by atoms with E-state index in [1.807, 2.05) is 0 Å². The van der Waals surface area contributed by atoms with Crippen molar-refractivity contribution in [2.75, 3.05) is 13.1 Å². The molecule has 0 spiro atoms. The van der Waals surface area contributed by atoms with Gasteiger partial charge in [0.2, 0.25) is 5.56 Å². The van der Waals surface area contributed by atoms with Gasteiger partial charge in [0.1, 0.15) is 0 Å². The van der Waals surface area contributed by atoms with E-state index < -0.39 is 11.6 Å². The fourth-order valence-electron chi connectivity index (χ4n) is 2.99. The molecule has 24 heavy (non-hydrogen) atoms. The second kappa shape index (κ2) is 6.92. The number of rotatable bonds is 3. The van der Waals surface area contributed by atoms with Crippen LogP contribution in [-0.2, 0) is 0 Å². The third-order valence-electron chi connectivity index (χ3n) is 4.21. The summed E-state index contributed by atoms with van der Waals surface area (Å²) in [4.78, 5) is 26.1. The number of hydrogen-bond acceptors (Lipinski definition) is 3. The molecule has 7 heteroatoms. The molecule has 1 aromatic carbocycles. The number of nitrogens with one attached hydrogen (secondary N) is 3. The molecule has 3 rings (SSSR count). The molecular weight excluding hydrogens is 316 g/mol. The standard InChI is InChI=1S/C17H17F2N3O2/c18-13-2-1-10(7-14(13)19)12-4-5-20-9-15(12)22-17(24)11-3-6-21-16(23)8-11/h1-3,6-8,12,15,20H,4-5,9H2,(H,21,23)(H,22,24). The Morgan fingerprint density at radius 3 is 2.75 bits per heavy atom. The molecule has 2 unspecified atom stereocenters. The fraction of sp³-hybridized carbons (Fsp3) is 0.294. The largest absolute Gasteiger partial charge is 0.347 e. The molecule has 5 nitrogen and oxygen atoms in total. The SMILES string of the molecule is O=C(NC1CNCCC1c1ccc(F)c(F)c1)c1cc[nH]c(=O)c1. The Hall–Kier alpha value is -2.54. The van der Waals surface area contributed by atoms with Gasteiger partial charge in [0.25, 0.3) is 5.91 Å². The predicted molar refractivity (Wildman–Crippen MR) is 84.9 cm³/mol. The van der Waals surface area contributed by atoms with Gasteiger partial charge in [0, 0.05) is 36.3 Å². The molecule has 1 saturated heterocycles. The first-order valence-electron chi connectivity index (χ1n) is 7.70. The normalized spacial score (nSPS) is 20.6. The first-order valence-corrected chi connectivity index (χ1v) is 7.70. The number of H-pyrrole nitrogens is 1. The van der Waals surface area contributed by atoms with E-state index >= 15 is 0 Å². The predicted octanol–water partition coefficient (Wildman–Crippen LogP) is 1.53. The average Bonchev–Trinajstić information content (AvgIpc) is 2.58. The van der Waals surface area contributed by atoms with E-state index in [9.17, 15) is 18.4 Å². The van der Waals surface area contributed by atoms with Gasteiger partial charge in [0.15, 0.2) is 11.6 Å². The highest BCUT2D eigenvalue weighted by molar-refractivity contribution is 5.94. The second-order valence-corrected chi connectivity index (χ2v) is 5.79. The van der Waals surface area contributed by atoms with Crippen molar-refractivity contribution in [2.45, 2.75) is 18.4 Å². The molecule has 1 aromatic heterocycles. The van der Waals surface area contributed by atoms with Crippen LogP contribution in [0.4, 0.5) is 8.78 Å². The Balaban J connectivity index is 1.80. The van der Waals surface area contributed by atoms with E-state index in [2.05, 4.69) is 15.6 Å². The van der Waals surface area contributed by atoms with Crippen LogP contribution in [0, 0.1) is 11.6 Å². The number of aromatic nitrogens is 1. The first kappa shape index (κ1) is 16.3. The molecule has 0 radical (unpaired) electrons. The molecule has 1 amide bonds. The van der Waals surface area contributed by atoms with Crippen LogP contribution in [0.25, 0.3) is 0 Å². The molecule has 0 saturated carbocycles. The molecule has 1 fully saturated rings. The molecule has 2 aromatic rings. The van der Waals surface area contributed by atoms with Crippen LogP contribution < -0.4 is 16.2 Å². The molecule has 2 atom stereocenters. The summed E-state index contributed by atoms with van der Waals surface area (Å²) in [6.45, 7) is 1.24. The van der Waals surface area contributed by atoms with Crippen LogP contribution in [0.5, 0.6) is 0 Å². The van der Waals surface area contributed by atoms with E-state index in [1.54, 1.807) is 6.07 Å². The number of aromatic amines is 1. The Morgan fingerprint density at radius 2 is 2.00 bits per heavy atom. The average molecular weight is 333 g/mol. The molecule has 1 aliphatic rings. The zero-order valence-electron chi connectivity index (χ0n) is 12.8. The molecule has 0 bridgehead atoms. The number of piperidine rings is 1. The molecule has 3 N–H and O–H groups in total. The Morgan fingerprint density at radius 1 is 1.17 bits per heavy atom. The third-order valence-corrected chi connectivity index (χ3v) is 4.21. The highest BCUT2D eigenvalue weighted by atomic mass is 19.2. The lowest BCUT2D eigenvalue weighted by Crippen LogP contribution is -2.50. The van der Waals surface area contributed by atoms with Crippen LogP contribution in [0.1, 0.15) is 28.3 Å². The van der Waals surface area contributed by atoms with Crippen LogP contribution in [0.15, 0.2) is 41.3 Å². The van der Waals surface area contributed by atoms with E-state index in [0.717, 1.165) is 12.6 Å². The summed E-state index contributed by atoms with van der Waals surface area (Å²) in [5.74, 6) is -2.29. The van der Waals surface area contributed by atoms with Gasteiger partial charge in [-0.05, 0) is 36.7 Å². The van der Waals surface area contributed by atoms with Crippen molar-refractivity contribution >= 4 is 5.91 Å². The quantitative estimate of drug-likeness (QED) is 0.797. The van der Waals surface area contributed by atoms with Crippen molar-refractivity contribution in [1.29, 1.82) is 0 Å². The number of carbonyl (C=O) groups is 1. The monoisotopic (exact) mass is 333 g/mol. The summed E-state index contributed by atoms with van der Waals surface area (Å²) < 4.78 is 26.7. The van der Waals surface area contributed by atoms with Crippen LogP contribution >= 0.6 is 0 Å². The Kier molecular flexibility index (Phi) is 4.71. The van der Waals surface area contributed by atoms with Crippen molar-refractivity contribution in [3.63, 3.8) is 0 Å². The number of amides is 1. The van der Waals surface area contributed by atoms with Crippen molar-refractivity contribution in [3.05, 3.63) is 69.6 Å². The highest BCUT2D eigenvalue weighted by Gasteiger charge is 2.28. The summed E-state index contributed by atoms with van der Waals surface area (Å²) in [7, 11) is 0. The number of hydrogen-bond donors (Lipinski definition) is 3. The lowest BCUT2D eigenvalue weighted by atomic mass is 9.86. The topological polar surface area (TPSA) is 74.0 Å². The second-order valence-electron chi connectivity index (χ2n) is 5.79. The summed E-state index contributed by atoms with van der Waals surface area (Å²) in [6.07, 6.45) is 2.09. The van der Waals surface area contributed by atoms with Gasteiger partial charge in [-0.1, -0.05) is 6.07 Å². The summed E-state index contributed by atoms with van der Waals surface area (Å²) >= 11 is 0. The van der Waals surface area contributed by atoms with Crippen molar-refractivity contribution < 1.29 is 13.6 Å². The number of halogens is 2. The van der Waals surface area contributed by atoms with Crippen molar-refractivity contribution in [3.8, 4) is 0 Å². The first-order chi connectivity index (χ1) is 11.5. The maximum atomic E-state index is 13.5. The molecular formula is C17H17F2N3O2. The zero-order valence-corrected chi connectivity index (χ0v) is 12.8. The smallest absolute Gasteiger partial charge is 0.251 e. The minimum atomic E-state index is -0.897. The van der Waals surface area contributed by atoms with E-state index in [0.29, 0.717) is 18.5 Å². The van der Waals surface area contributed by atoms with E-state index in [-0.39, 0.29) is 29.0 Å². The van der Waals surface area contributed by atoms with Crippen LogP contribution in [-0.4, -0.2) is 30.0 Å². The van der Waals surface area contributed by atoms with Crippen molar-refractivity contribution in [1.82, 2.24) is 15.6 Å². The summed E-state index contributed by atoms with van der Waals surface area (Å²) in [5, 5.41) is 6.05. The van der Waals surface area contributed by atoms with Gasteiger partial charge in [-0.2, -0.15) is 0 Å². The number of benzene rings is 1. The lowest BCUT2D eigenvalue weighted by molar-refractivity contribution is 0.0924. The maximum Gasteiger partial charge on any atom is 0.251 e. The summed E-state index contributed by atoms with van der Waals surface area (Å²) in [6, 6.07) is 6.27. The van der Waals surface area contributed by atoms with Crippen LogP contribution in [0.2, 0.25) is 0 Å². The van der Waals surface area contributed by atoms with Gasteiger partial charge in [-0.15, -0.1) is 0 Å². The van der Waals surface area contributed by atoms with E-state index in [4.69, 9.17) is 0 Å². The van der Waals surface area contributed by atoms with Crippen molar-refractivity contribution in [2.24, 2.45) is 0 Å². The van der Waals surface area contributed by atoms with Crippen LogP contribution in [0.3, 0.4) is 0 Å². The third kappa shape index (κ3) is 3.51. The molecule has 126 valence electrons. The number of carbonyl (C=O) groups excluding carboxylic acids is 1. The lowest BCUT2D eigenvalue weighted by Gasteiger charge is -2.33. The molecule has 1 aliphatic heterocycles. The zero-order chi connectivity index (χ0) is 17.1. The molecule has 2 heterocycles. The van der Waals surface area contributed by atoms with Gasteiger partial charge < -0.3 is 15.6 Å². The minimum Gasteiger partial charge on any atom is -0.347 e. The van der Waals surface area contributed by atoms with Gasteiger partial charge in [-0.25, -0.2) is 8.78 Å².